The van der Waals surface area contributed by atoms with Gasteiger partial charge in [-0.05, 0) is 42.7 Å². The highest BCUT2D eigenvalue weighted by molar-refractivity contribution is 7.89. The predicted molar refractivity (Wildman–Crippen MR) is 111 cm³/mol. The van der Waals surface area contributed by atoms with Gasteiger partial charge in [-0.1, -0.05) is 19.1 Å². The molecule has 3 aromatic rings. The molecular weight excluding hydrogens is 388 g/mol. The van der Waals surface area contributed by atoms with Gasteiger partial charge in [-0.3, -0.25) is 0 Å². The number of methoxy groups -OCH3 is 1. The van der Waals surface area contributed by atoms with Gasteiger partial charge in [0, 0.05) is 38.9 Å². The smallest absolute Gasteiger partial charge is 0.243 e. The molecule has 0 saturated carbocycles. The van der Waals surface area contributed by atoms with Crippen LogP contribution in [0.3, 0.4) is 0 Å². The molecular formula is C21H26N4O3S. The third-order valence-electron chi connectivity index (χ3n) is 5.54. The third-order valence-corrected chi connectivity index (χ3v) is 7.42. The van der Waals surface area contributed by atoms with E-state index in [4.69, 9.17) is 9.72 Å². The van der Waals surface area contributed by atoms with Crippen molar-refractivity contribution in [2.45, 2.75) is 37.1 Å². The SMILES string of the molecule is CCc1ccc(S(=O)(=O)N2CC[C@@H](c3nc4cccnc4n3CCOC)C2)cc1. The second-order valence-electron chi connectivity index (χ2n) is 7.31. The average molecular weight is 415 g/mol. The molecule has 0 bridgehead atoms. The number of ether oxygens (including phenoxy) is 1. The summed E-state index contributed by atoms with van der Waals surface area (Å²) in [5, 5.41) is 0. The van der Waals surface area contributed by atoms with E-state index in [9.17, 15) is 8.42 Å². The molecule has 1 atom stereocenters. The van der Waals surface area contributed by atoms with Crippen molar-refractivity contribution in [2.75, 3.05) is 26.8 Å². The molecule has 154 valence electrons. The van der Waals surface area contributed by atoms with Crippen molar-refractivity contribution >= 4 is 21.2 Å². The quantitative estimate of drug-likeness (QED) is 0.594. The van der Waals surface area contributed by atoms with E-state index in [1.54, 1.807) is 29.7 Å². The first-order chi connectivity index (χ1) is 14.0. The maximum absolute atomic E-state index is 13.1. The normalized spacial score (nSPS) is 17.9. The largest absolute Gasteiger partial charge is 0.383 e. The molecule has 1 aliphatic rings. The van der Waals surface area contributed by atoms with Crippen molar-refractivity contribution in [1.82, 2.24) is 18.8 Å². The van der Waals surface area contributed by atoms with Crippen molar-refractivity contribution < 1.29 is 13.2 Å². The Hall–Kier alpha value is -2.29. The van der Waals surface area contributed by atoms with E-state index in [1.807, 2.05) is 24.3 Å². The van der Waals surface area contributed by atoms with Crippen LogP contribution in [0.25, 0.3) is 11.2 Å². The summed E-state index contributed by atoms with van der Waals surface area (Å²) < 4.78 is 35.1. The Morgan fingerprint density at radius 3 is 2.72 bits per heavy atom. The number of aryl methyl sites for hydroxylation is 1. The molecule has 4 rings (SSSR count). The number of benzene rings is 1. The van der Waals surface area contributed by atoms with E-state index in [2.05, 4.69) is 16.5 Å². The minimum absolute atomic E-state index is 0.0331. The molecule has 2 aromatic heterocycles. The van der Waals surface area contributed by atoms with Crippen LogP contribution in [0.4, 0.5) is 0 Å². The van der Waals surface area contributed by atoms with Gasteiger partial charge >= 0.3 is 0 Å². The molecule has 0 aliphatic carbocycles. The second kappa shape index (κ2) is 8.22. The molecule has 3 heterocycles. The molecule has 1 saturated heterocycles. The Kier molecular flexibility index (Phi) is 5.67. The maximum atomic E-state index is 13.1. The van der Waals surface area contributed by atoms with Gasteiger partial charge in [-0.25, -0.2) is 18.4 Å². The van der Waals surface area contributed by atoms with E-state index in [0.29, 0.717) is 31.1 Å². The van der Waals surface area contributed by atoms with Crippen molar-refractivity contribution in [3.63, 3.8) is 0 Å². The average Bonchev–Trinajstić information content (AvgIpc) is 3.37. The zero-order valence-electron chi connectivity index (χ0n) is 16.8. The fraction of sp³-hybridized carbons (Fsp3) is 0.429. The van der Waals surface area contributed by atoms with Crippen LogP contribution in [-0.2, 0) is 27.7 Å². The summed E-state index contributed by atoms with van der Waals surface area (Å²) in [5.41, 5.74) is 2.77. The van der Waals surface area contributed by atoms with Gasteiger partial charge in [-0.15, -0.1) is 0 Å². The molecule has 0 amide bonds. The first-order valence-corrected chi connectivity index (χ1v) is 11.4. The third kappa shape index (κ3) is 3.80. The topological polar surface area (TPSA) is 77.3 Å². The Bertz CT molecular complexity index is 1090. The van der Waals surface area contributed by atoms with Crippen LogP contribution in [0.1, 0.15) is 30.7 Å². The molecule has 0 radical (unpaired) electrons. The number of fused-ring (bicyclic) bond motifs is 1. The predicted octanol–water partition coefficient (Wildman–Crippen LogP) is 2.82. The number of aromatic nitrogens is 3. The van der Waals surface area contributed by atoms with Gasteiger partial charge in [0.2, 0.25) is 10.0 Å². The molecule has 0 spiro atoms. The Morgan fingerprint density at radius 2 is 2.00 bits per heavy atom. The molecule has 1 aliphatic heterocycles. The van der Waals surface area contributed by atoms with Crippen molar-refractivity contribution in [3.05, 3.63) is 54.0 Å². The number of pyridine rings is 1. The molecule has 7 nitrogen and oxygen atoms in total. The summed E-state index contributed by atoms with van der Waals surface area (Å²) in [6, 6.07) is 11.0. The summed E-state index contributed by atoms with van der Waals surface area (Å²) in [5.74, 6) is 0.917. The van der Waals surface area contributed by atoms with Crippen molar-refractivity contribution in [3.8, 4) is 0 Å². The number of hydrogen-bond acceptors (Lipinski definition) is 5. The minimum atomic E-state index is -3.51. The van der Waals surface area contributed by atoms with Gasteiger partial charge in [0.25, 0.3) is 0 Å². The van der Waals surface area contributed by atoms with Gasteiger partial charge in [0.05, 0.1) is 11.5 Å². The minimum Gasteiger partial charge on any atom is -0.383 e. The highest BCUT2D eigenvalue weighted by atomic mass is 32.2. The van der Waals surface area contributed by atoms with Crippen LogP contribution in [0, 0.1) is 0 Å². The Balaban J connectivity index is 1.61. The van der Waals surface area contributed by atoms with Gasteiger partial charge in [-0.2, -0.15) is 4.31 Å². The van der Waals surface area contributed by atoms with E-state index in [-0.39, 0.29) is 5.92 Å². The molecule has 1 fully saturated rings. The number of nitrogens with zero attached hydrogens (tertiary/aromatic N) is 4. The number of hydrogen-bond donors (Lipinski definition) is 0. The monoisotopic (exact) mass is 414 g/mol. The van der Waals surface area contributed by atoms with Gasteiger partial charge in [0.15, 0.2) is 5.65 Å². The summed E-state index contributed by atoms with van der Waals surface area (Å²) in [6.45, 7) is 4.16. The van der Waals surface area contributed by atoms with Crippen LogP contribution in [0.15, 0.2) is 47.5 Å². The van der Waals surface area contributed by atoms with Gasteiger partial charge in [0.1, 0.15) is 11.3 Å². The van der Waals surface area contributed by atoms with E-state index >= 15 is 0 Å². The number of imidazole rings is 1. The fourth-order valence-electron chi connectivity index (χ4n) is 3.89. The molecule has 29 heavy (non-hydrogen) atoms. The van der Waals surface area contributed by atoms with Crippen LogP contribution < -0.4 is 0 Å². The molecule has 0 N–H and O–H groups in total. The number of rotatable bonds is 7. The summed E-state index contributed by atoms with van der Waals surface area (Å²) in [6.07, 6.45) is 3.38. The van der Waals surface area contributed by atoms with Crippen molar-refractivity contribution in [1.29, 1.82) is 0 Å². The lowest BCUT2D eigenvalue weighted by Gasteiger charge is -2.17. The Morgan fingerprint density at radius 1 is 1.21 bits per heavy atom. The lowest BCUT2D eigenvalue weighted by atomic mass is 10.1. The van der Waals surface area contributed by atoms with Crippen molar-refractivity contribution in [2.24, 2.45) is 0 Å². The Labute approximate surface area is 171 Å². The molecule has 8 heteroatoms. The fourth-order valence-corrected chi connectivity index (χ4v) is 5.39. The first-order valence-electron chi connectivity index (χ1n) is 9.93. The van der Waals surface area contributed by atoms with E-state index in [0.717, 1.165) is 35.4 Å². The van der Waals surface area contributed by atoms with E-state index in [1.165, 1.54) is 0 Å². The highest BCUT2D eigenvalue weighted by Gasteiger charge is 2.35. The standard InChI is InChI=1S/C21H26N4O3S/c1-3-16-6-8-18(9-7-16)29(26,27)24-12-10-17(15-24)20-23-19-5-4-11-22-21(19)25(20)13-14-28-2/h4-9,11,17H,3,10,12-15H2,1-2H3/t17-/m1/s1. The van der Waals surface area contributed by atoms with Crippen LogP contribution in [0.2, 0.25) is 0 Å². The summed E-state index contributed by atoms with van der Waals surface area (Å²) in [4.78, 5) is 9.61. The zero-order valence-corrected chi connectivity index (χ0v) is 17.6. The maximum Gasteiger partial charge on any atom is 0.243 e. The number of sulfonamides is 1. The molecule has 0 unspecified atom stereocenters. The van der Waals surface area contributed by atoms with Crippen LogP contribution >= 0.6 is 0 Å². The molecule has 1 aromatic carbocycles. The summed E-state index contributed by atoms with van der Waals surface area (Å²) >= 11 is 0. The highest BCUT2D eigenvalue weighted by Crippen LogP contribution is 2.32. The second-order valence-corrected chi connectivity index (χ2v) is 9.24. The lowest BCUT2D eigenvalue weighted by molar-refractivity contribution is 0.187. The van der Waals surface area contributed by atoms with E-state index < -0.39 is 10.0 Å². The first kappa shape index (κ1) is 20.0. The lowest BCUT2D eigenvalue weighted by Crippen LogP contribution is -2.29. The van der Waals surface area contributed by atoms with Crippen LogP contribution in [0.5, 0.6) is 0 Å². The van der Waals surface area contributed by atoms with Gasteiger partial charge < -0.3 is 9.30 Å². The van der Waals surface area contributed by atoms with Crippen LogP contribution in [-0.4, -0.2) is 54.1 Å². The summed E-state index contributed by atoms with van der Waals surface area (Å²) in [7, 11) is -1.84. The zero-order chi connectivity index (χ0) is 20.4.